The van der Waals surface area contributed by atoms with Crippen molar-refractivity contribution < 1.29 is 13.9 Å². The SMILES string of the molecule is COCc1[nH]c2c(-c3ccccc3)c(C#N)nn2c(=O)c1-c1nc2c(OC)nccc2o1. The van der Waals surface area contributed by atoms with Crippen LogP contribution in [0.3, 0.4) is 0 Å². The van der Waals surface area contributed by atoms with Gasteiger partial charge in [0.15, 0.2) is 16.8 Å². The molecule has 0 spiro atoms. The summed E-state index contributed by atoms with van der Waals surface area (Å²) in [7, 11) is 2.99. The fraction of sp³-hybridized carbons (Fsp3) is 0.136. The van der Waals surface area contributed by atoms with E-state index >= 15 is 0 Å². The molecular weight excluding hydrogens is 412 g/mol. The number of benzene rings is 1. The summed E-state index contributed by atoms with van der Waals surface area (Å²) in [5.74, 6) is 0.345. The Kier molecular flexibility index (Phi) is 4.65. The molecule has 0 aliphatic carbocycles. The molecule has 32 heavy (non-hydrogen) atoms. The first-order valence-electron chi connectivity index (χ1n) is 9.58. The van der Waals surface area contributed by atoms with Gasteiger partial charge in [0.1, 0.15) is 17.3 Å². The molecule has 5 aromatic rings. The third-order valence-electron chi connectivity index (χ3n) is 5.00. The molecule has 4 aromatic heterocycles. The second kappa shape index (κ2) is 7.64. The zero-order valence-corrected chi connectivity index (χ0v) is 17.1. The van der Waals surface area contributed by atoms with Crippen LogP contribution in [0.5, 0.6) is 5.88 Å². The molecule has 1 aromatic carbocycles. The van der Waals surface area contributed by atoms with Crippen molar-refractivity contribution in [2.75, 3.05) is 14.2 Å². The Hall–Kier alpha value is -4.49. The van der Waals surface area contributed by atoms with Crippen molar-refractivity contribution in [2.24, 2.45) is 0 Å². The van der Waals surface area contributed by atoms with Crippen LogP contribution in [0.1, 0.15) is 11.4 Å². The van der Waals surface area contributed by atoms with Crippen LogP contribution < -0.4 is 10.3 Å². The molecule has 4 heterocycles. The summed E-state index contributed by atoms with van der Waals surface area (Å²) < 4.78 is 17.6. The highest BCUT2D eigenvalue weighted by Gasteiger charge is 2.25. The lowest BCUT2D eigenvalue weighted by Crippen LogP contribution is -2.20. The number of fused-ring (bicyclic) bond motifs is 2. The predicted molar refractivity (Wildman–Crippen MR) is 114 cm³/mol. The molecule has 0 saturated carbocycles. The molecule has 0 fully saturated rings. The fourth-order valence-corrected chi connectivity index (χ4v) is 3.64. The van der Waals surface area contributed by atoms with Gasteiger partial charge in [0.05, 0.1) is 25.0 Å². The molecule has 10 heteroatoms. The number of nitrogens with zero attached hydrogens (tertiary/aromatic N) is 5. The lowest BCUT2D eigenvalue weighted by Gasteiger charge is -2.08. The summed E-state index contributed by atoms with van der Waals surface area (Å²) in [6.45, 7) is 0.0798. The van der Waals surface area contributed by atoms with Crippen LogP contribution >= 0.6 is 0 Å². The zero-order valence-electron chi connectivity index (χ0n) is 17.1. The normalized spacial score (nSPS) is 11.2. The number of rotatable bonds is 5. The Morgan fingerprint density at radius 3 is 2.72 bits per heavy atom. The van der Waals surface area contributed by atoms with E-state index in [0.29, 0.717) is 28.0 Å². The number of hydrogen-bond acceptors (Lipinski definition) is 8. The molecule has 0 saturated heterocycles. The summed E-state index contributed by atoms with van der Waals surface area (Å²) in [6.07, 6.45) is 1.53. The van der Waals surface area contributed by atoms with Crippen LogP contribution in [0.15, 0.2) is 51.8 Å². The summed E-state index contributed by atoms with van der Waals surface area (Å²) in [4.78, 5) is 25.3. The maximum Gasteiger partial charge on any atom is 0.287 e. The predicted octanol–water partition coefficient (Wildman–Crippen LogP) is 2.92. The Bertz CT molecular complexity index is 1560. The molecular formula is C22H16N6O4. The van der Waals surface area contributed by atoms with E-state index in [-0.39, 0.29) is 29.6 Å². The lowest BCUT2D eigenvalue weighted by atomic mass is 10.1. The van der Waals surface area contributed by atoms with Crippen molar-refractivity contribution in [3.05, 3.63) is 64.3 Å². The molecule has 0 bridgehead atoms. The minimum Gasteiger partial charge on any atom is -0.479 e. The van der Waals surface area contributed by atoms with Gasteiger partial charge < -0.3 is 18.9 Å². The average Bonchev–Trinajstić information content (AvgIpc) is 3.41. The van der Waals surface area contributed by atoms with Crippen molar-refractivity contribution in [3.8, 4) is 34.5 Å². The first-order valence-corrected chi connectivity index (χ1v) is 9.58. The van der Waals surface area contributed by atoms with Gasteiger partial charge in [0.25, 0.3) is 5.56 Å². The number of hydrogen-bond donors (Lipinski definition) is 1. The molecule has 158 valence electrons. The van der Waals surface area contributed by atoms with Crippen molar-refractivity contribution in [1.82, 2.24) is 24.6 Å². The van der Waals surface area contributed by atoms with Crippen LogP contribution in [0.2, 0.25) is 0 Å². The number of nitrogens with one attached hydrogen (secondary N) is 1. The van der Waals surface area contributed by atoms with Gasteiger partial charge in [-0.15, -0.1) is 0 Å². The molecule has 0 atom stereocenters. The van der Waals surface area contributed by atoms with Gasteiger partial charge in [0, 0.05) is 19.4 Å². The third kappa shape index (κ3) is 2.91. The number of ether oxygens (including phenoxy) is 2. The molecule has 10 nitrogen and oxygen atoms in total. The largest absolute Gasteiger partial charge is 0.479 e. The number of aromatic amines is 1. The van der Waals surface area contributed by atoms with Crippen LogP contribution in [0, 0.1) is 11.3 Å². The minimum atomic E-state index is -0.497. The van der Waals surface area contributed by atoms with E-state index in [1.165, 1.54) is 20.4 Å². The van der Waals surface area contributed by atoms with Gasteiger partial charge >= 0.3 is 0 Å². The van der Waals surface area contributed by atoms with Gasteiger partial charge in [0.2, 0.25) is 11.8 Å². The fourth-order valence-electron chi connectivity index (χ4n) is 3.64. The smallest absolute Gasteiger partial charge is 0.287 e. The number of H-pyrrole nitrogens is 1. The first-order chi connectivity index (χ1) is 15.7. The lowest BCUT2D eigenvalue weighted by molar-refractivity contribution is 0.182. The van der Waals surface area contributed by atoms with Crippen molar-refractivity contribution in [1.29, 1.82) is 5.26 Å². The number of nitriles is 1. The average molecular weight is 428 g/mol. The van der Waals surface area contributed by atoms with Crippen LogP contribution in [-0.4, -0.2) is 38.8 Å². The summed E-state index contributed by atoms with van der Waals surface area (Å²) in [5, 5.41) is 13.9. The first kappa shape index (κ1) is 19.5. The van der Waals surface area contributed by atoms with Crippen molar-refractivity contribution >= 4 is 16.7 Å². The summed E-state index contributed by atoms with van der Waals surface area (Å²) in [5.41, 5.74) is 2.66. The number of aromatic nitrogens is 5. The van der Waals surface area contributed by atoms with E-state index in [1.807, 2.05) is 30.3 Å². The second-order valence-corrected chi connectivity index (χ2v) is 6.86. The van der Waals surface area contributed by atoms with E-state index in [2.05, 4.69) is 26.1 Å². The Labute approximate surface area is 180 Å². The molecule has 0 radical (unpaired) electrons. The van der Waals surface area contributed by atoms with Crippen molar-refractivity contribution in [2.45, 2.75) is 6.61 Å². The third-order valence-corrected chi connectivity index (χ3v) is 5.00. The summed E-state index contributed by atoms with van der Waals surface area (Å²) in [6, 6.07) is 13.0. The van der Waals surface area contributed by atoms with E-state index in [9.17, 15) is 10.1 Å². The van der Waals surface area contributed by atoms with Crippen LogP contribution in [-0.2, 0) is 11.3 Å². The number of methoxy groups -OCH3 is 2. The minimum absolute atomic E-state index is 0.0665. The van der Waals surface area contributed by atoms with E-state index < -0.39 is 5.56 Å². The maximum absolute atomic E-state index is 13.5. The van der Waals surface area contributed by atoms with Gasteiger partial charge in [-0.25, -0.2) is 9.97 Å². The summed E-state index contributed by atoms with van der Waals surface area (Å²) >= 11 is 0. The highest BCUT2D eigenvalue weighted by Crippen LogP contribution is 2.31. The highest BCUT2D eigenvalue weighted by molar-refractivity contribution is 5.84. The van der Waals surface area contributed by atoms with Crippen LogP contribution in [0.25, 0.3) is 39.3 Å². The Balaban J connectivity index is 1.83. The highest BCUT2D eigenvalue weighted by atomic mass is 16.5. The Morgan fingerprint density at radius 2 is 2.00 bits per heavy atom. The second-order valence-electron chi connectivity index (χ2n) is 6.86. The van der Waals surface area contributed by atoms with Crippen LogP contribution in [0.4, 0.5) is 0 Å². The molecule has 1 N–H and O–H groups in total. The molecule has 0 aliphatic rings. The van der Waals surface area contributed by atoms with E-state index in [0.717, 1.165) is 10.1 Å². The van der Waals surface area contributed by atoms with Gasteiger partial charge in [-0.2, -0.15) is 14.9 Å². The van der Waals surface area contributed by atoms with Gasteiger partial charge in [-0.05, 0) is 5.56 Å². The van der Waals surface area contributed by atoms with E-state index in [1.54, 1.807) is 6.07 Å². The van der Waals surface area contributed by atoms with Crippen molar-refractivity contribution in [3.63, 3.8) is 0 Å². The zero-order chi connectivity index (χ0) is 22.2. The molecule has 0 aliphatic heterocycles. The molecule has 0 amide bonds. The van der Waals surface area contributed by atoms with E-state index in [4.69, 9.17) is 13.9 Å². The maximum atomic E-state index is 13.5. The monoisotopic (exact) mass is 428 g/mol. The van der Waals surface area contributed by atoms with Gasteiger partial charge in [-0.1, -0.05) is 30.3 Å². The Morgan fingerprint density at radius 1 is 1.19 bits per heavy atom. The number of oxazole rings is 1. The standard InChI is InChI=1S/C22H16N6O4/c1-30-11-14-17(20-26-18-15(32-20)8-9-24-21(18)31-2)22(29)28-19(25-14)16(13(10-23)27-28)12-6-4-3-5-7-12/h3-9,25H,11H2,1-2H3. The topological polar surface area (TPSA) is 131 Å². The molecule has 5 rings (SSSR count). The van der Waals surface area contributed by atoms with Gasteiger partial charge in [-0.3, -0.25) is 4.79 Å². The molecule has 0 unspecified atom stereocenters. The number of pyridine rings is 1. The quantitative estimate of drug-likeness (QED) is 0.452.